The van der Waals surface area contributed by atoms with Gasteiger partial charge in [-0.2, -0.15) is 0 Å². The molecule has 1 aliphatic rings. The fourth-order valence-corrected chi connectivity index (χ4v) is 5.19. The Morgan fingerprint density at radius 2 is 1.72 bits per heavy atom. The highest BCUT2D eigenvalue weighted by Crippen LogP contribution is 2.36. The van der Waals surface area contributed by atoms with Crippen molar-refractivity contribution in [3.05, 3.63) is 96.7 Å². The summed E-state index contributed by atoms with van der Waals surface area (Å²) in [5.74, 6) is 5.68. The van der Waals surface area contributed by atoms with Crippen LogP contribution in [0, 0.1) is 11.8 Å². The van der Waals surface area contributed by atoms with E-state index in [9.17, 15) is 14.7 Å². The van der Waals surface area contributed by atoms with Crippen molar-refractivity contribution in [3.8, 4) is 34.6 Å². The molecular formula is C32H25N3O4. The molecule has 1 fully saturated rings. The molecule has 0 spiro atoms. The molecule has 2 heterocycles. The van der Waals surface area contributed by atoms with Gasteiger partial charge in [-0.15, -0.1) is 5.92 Å². The number of imide groups is 1. The van der Waals surface area contributed by atoms with Gasteiger partial charge in [-0.05, 0) is 52.6 Å². The number of amides is 3. The van der Waals surface area contributed by atoms with Crippen LogP contribution in [-0.4, -0.2) is 28.2 Å². The fourth-order valence-electron chi connectivity index (χ4n) is 5.19. The number of ether oxygens (including phenoxy) is 1. The van der Waals surface area contributed by atoms with Crippen molar-refractivity contribution in [1.29, 1.82) is 0 Å². The molecule has 3 N–H and O–H groups in total. The lowest BCUT2D eigenvalue weighted by Gasteiger charge is -2.27. The molecule has 39 heavy (non-hydrogen) atoms. The van der Waals surface area contributed by atoms with Crippen molar-refractivity contribution in [3.63, 3.8) is 0 Å². The monoisotopic (exact) mass is 515 g/mol. The van der Waals surface area contributed by atoms with E-state index < -0.39 is 17.5 Å². The number of aromatic hydroxyl groups is 1. The third-order valence-electron chi connectivity index (χ3n) is 7.15. The minimum atomic E-state index is -1.41. The van der Waals surface area contributed by atoms with Crippen molar-refractivity contribution in [2.45, 2.75) is 19.0 Å². The Hall–Kier alpha value is -5.22. The molecule has 1 atom stereocenters. The summed E-state index contributed by atoms with van der Waals surface area (Å²) < 4.78 is 7.21. The van der Waals surface area contributed by atoms with Crippen LogP contribution in [0.15, 0.2) is 91.1 Å². The zero-order valence-corrected chi connectivity index (χ0v) is 21.2. The highest BCUT2D eigenvalue weighted by atomic mass is 16.5. The van der Waals surface area contributed by atoms with E-state index in [-0.39, 0.29) is 19.0 Å². The molecule has 192 valence electrons. The van der Waals surface area contributed by atoms with Crippen LogP contribution in [0.2, 0.25) is 0 Å². The first-order valence-corrected chi connectivity index (χ1v) is 12.5. The first kappa shape index (κ1) is 24.1. The van der Waals surface area contributed by atoms with Gasteiger partial charge in [0.1, 0.15) is 12.4 Å². The van der Waals surface area contributed by atoms with Gasteiger partial charge in [-0.25, -0.2) is 4.79 Å². The lowest BCUT2D eigenvalue weighted by Crippen LogP contribution is -2.47. The van der Waals surface area contributed by atoms with Crippen LogP contribution in [0.25, 0.3) is 32.7 Å². The second-order valence-corrected chi connectivity index (χ2v) is 9.46. The molecule has 0 radical (unpaired) electrons. The van der Waals surface area contributed by atoms with Gasteiger partial charge >= 0.3 is 6.03 Å². The van der Waals surface area contributed by atoms with Gasteiger partial charge in [0, 0.05) is 17.0 Å². The summed E-state index contributed by atoms with van der Waals surface area (Å²) >= 11 is 0. The Kier molecular flexibility index (Phi) is 5.93. The summed E-state index contributed by atoms with van der Waals surface area (Å²) in [5.41, 5.74) is 1.27. The zero-order chi connectivity index (χ0) is 27.0. The molecule has 0 saturated carbocycles. The van der Waals surface area contributed by atoms with Gasteiger partial charge in [0.2, 0.25) is 0 Å². The normalized spacial score (nSPS) is 16.5. The smallest absolute Gasteiger partial charge is 0.322 e. The summed E-state index contributed by atoms with van der Waals surface area (Å²) in [7, 11) is 0. The molecule has 7 heteroatoms. The lowest BCUT2D eigenvalue weighted by atomic mass is 9.88. The van der Waals surface area contributed by atoms with E-state index in [2.05, 4.69) is 46.7 Å². The van der Waals surface area contributed by atoms with Gasteiger partial charge in [0.15, 0.2) is 11.4 Å². The Labute approximate surface area is 225 Å². The Morgan fingerprint density at radius 3 is 2.49 bits per heavy atom. The van der Waals surface area contributed by atoms with Crippen LogP contribution in [0.1, 0.15) is 12.5 Å². The third kappa shape index (κ3) is 4.22. The van der Waals surface area contributed by atoms with Crippen molar-refractivity contribution < 1.29 is 19.4 Å². The van der Waals surface area contributed by atoms with Crippen LogP contribution < -0.4 is 15.4 Å². The average molecular weight is 516 g/mol. The summed E-state index contributed by atoms with van der Waals surface area (Å²) in [4.78, 5) is 25.6. The molecule has 7 nitrogen and oxygen atoms in total. The molecule has 6 rings (SSSR count). The number of rotatable bonds is 6. The Bertz CT molecular complexity index is 1810. The number of carbonyl (C=O) groups is 2. The quantitative estimate of drug-likeness (QED) is 0.211. The van der Waals surface area contributed by atoms with Crippen molar-refractivity contribution in [1.82, 2.24) is 15.2 Å². The molecule has 5 aromatic rings. The lowest BCUT2D eigenvalue weighted by molar-refractivity contribution is -0.124. The maximum atomic E-state index is 13.2. The van der Waals surface area contributed by atoms with E-state index in [0.717, 1.165) is 27.3 Å². The standard InChI is InChI=1S/C32H25N3O4/c1-2-3-17-39-25-16-13-23-19-35(29(36)28(23)18-25)20-32(30(37)33-31(38)34-32)24-14-11-22(12-15-24)27-10-6-8-21-7-4-5-9-26(21)27/h4-16,18-19,36H,17,20H2,1H3,(H2,33,34,37,38)/t32-/m0/s1. The van der Waals surface area contributed by atoms with E-state index in [1.165, 1.54) is 0 Å². The molecule has 0 bridgehead atoms. The highest BCUT2D eigenvalue weighted by Gasteiger charge is 2.48. The molecule has 1 aromatic heterocycles. The molecular weight excluding hydrogens is 490 g/mol. The van der Waals surface area contributed by atoms with E-state index in [4.69, 9.17) is 4.74 Å². The predicted molar refractivity (Wildman–Crippen MR) is 150 cm³/mol. The number of hydrogen-bond donors (Lipinski definition) is 3. The topological polar surface area (TPSA) is 92.6 Å². The fraction of sp³-hybridized carbons (Fsp3) is 0.125. The maximum absolute atomic E-state index is 13.2. The van der Waals surface area contributed by atoms with Gasteiger partial charge < -0.3 is 19.7 Å². The number of benzene rings is 4. The van der Waals surface area contributed by atoms with E-state index in [1.807, 2.05) is 48.5 Å². The Balaban J connectivity index is 1.37. The molecule has 1 aliphatic heterocycles. The molecule has 0 unspecified atom stereocenters. The van der Waals surface area contributed by atoms with E-state index in [1.54, 1.807) is 29.8 Å². The number of aromatic nitrogens is 1. The van der Waals surface area contributed by atoms with Crippen molar-refractivity contribution in [2.75, 3.05) is 6.61 Å². The summed E-state index contributed by atoms with van der Waals surface area (Å²) in [6.45, 7) is 1.98. The minimum absolute atomic E-state index is 0.00377. The summed E-state index contributed by atoms with van der Waals surface area (Å²) in [5, 5.41) is 19.9. The number of hydrogen-bond acceptors (Lipinski definition) is 4. The van der Waals surface area contributed by atoms with E-state index in [0.29, 0.717) is 16.7 Å². The van der Waals surface area contributed by atoms with Crippen LogP contribution in [0.4, 0.5) is 4.79 Å². The molecule has 1 saturated heterocycles. The molecule has 3 amide bonds. The first-order chi connectivity index (χ1) is 19.0. The van der Waals surface area contributed by atoms with Crippen LogP contribution >= 0.6 is 0 Å². The number of carbonyl (C=O) groups excluding carboxylic acids is 2. The number of urea groups is 1. The van der Waals surface area contributed by atoms with Gasteiger partial charge in [-0.3, -0.25) is 10.1 Å². The van der Waals surface area contributed by atoms with Crippen LogP contribution in [0.5, 0.6) is 11.6 Å². The SMILES string of the molecule is CC#CCOc1ccc2cn(C[C@@]3(c4ccc(-c5cccc6ccccc56)cc4)NC(=O)NC3=O)c(O)c2c1. The van der Waals surface area contributed by atoms with Gasteiger partial charge in [-0.1, -0.05) is 72.7 Å². The number of nitrogens with zero attached hydrogens (tertiary/aromatic N) is 1. The largest absolute Gasteiger partial charge is 0.494 e. The second kappa shape index (κ2) is 9.58. The number of fused-ring (bicyclic) bond motifs is 2. The van der Waals surface area contributed by atoms with Crippen molar-refractivity contribution >= 4 is 33.5 Å². The Morgan fingerprint density at radius 1 is 0.923 bits per heavy atom. The minimum Gasteiger partial charge on any atom is -0.494 e. The van der Waals surface area contributed by atoms with Gasteiger partial charge in [0.05, 0.1) is 6.54 Å². The van der Waals surface area contributed by atoms with Crippen LogP contribution in [0.3, 0.4) is 0 Å². The van der Waals surface area contributed by atoms with Crippen molar-refractivity contribution in [2.24, 2.45) is 0 Å². The van der Waals surface area contributed by atoms with Gasteiger partial charge in [0.25, 0.3) is 5.91 Å². The second-order valence-electron chi connectivity index (χ2n) is 9.46. The average Bonchev–Trinajstić information content (AvgIpc) is 3.42. The number of nitrogens with one attached hydrogen (secondary N) is 2. The highest BCUT2D eigenvalue weighted by molar-refractivity contribution is 6.07. The predicted octanol–water partition coefficient (Wildman–Crippen LogP) is 5.30. The maximum Gasteiger partial charge on any atom is 0.322 e. The first-order valence-electron chi connectivity index (χ1n) is 12.5. The van der Waals surface area contributed by atoms with Crippen LogP contribution in [-0.2, 0) is 16.9 Å². The zero-order valence-electron chi connectivity index (χ0n) is 21.2. The van der Waals surface area contributed by atoms with E-state index >= 15 is 0 Å². The third-order valence-corrected chi connectivity index (χ3v) is 7.15. The molecule has 0 aliphatic carbocycles. The summed E-state index contributed by atoms with van der Waals surface area (Å²) in [6, 6.07) is 26.7. The summed E-state index contributed by atoms with van der Waals surface area (Å²) in [6.07, 6.45) is 1.75. The molecule has 4 aromatic carbocycles.